The molecule has 2 aromatic carbocycles. The molecule has 1 fully saturated rings. The van der Waals surface area contributed by atoms with E-state index in [-0.39, 0.29) is 18.6 Å². The first-order valence-electron chi connectivity index (χ1n) is 13.3. The van der Waals surface area contributed by atoms with Crippen molar-refractivity contribution in [3.63, 3.8) is 0 Å². The fraction of sp³-hybridized carbons (Fsp3) is 0.345. The molecule has 0 saturated heterocycles. The number of fused-ring (bicyclic) bond motifs is 1. The topological polar surface area (TPSA) is 127 Å². The molecule has 1 aromatic heterocycles. The predicted octanol–water partition coefficient (Wildman–Crippen LogP) is 4.06. The van der Waals surface area contributed by atoms with Crippen molar-refractivity contribution in [3.8, 4) is 11.5 Å². The summed E-state index contributed by atoms with van der Waals surface area (Å²) in [5, 5.41) is 5.60. The van der Waals surface area contributed by atoms with E-state index in [0.29, 0.717) is 22.9 Å². The van der Waals surface area contributed by atoms with Crippen LogP contribution in [0, 0.1) is 5.82 Å². The standard InChI is InChI=1S/C29H30FN3O7S/c30-19-8-10-21(11-9-19)31-26(34)16-41(37)17-27(35)33(22-12-13-23-25(15-22)40-18-39-23)28(24-7-4-14-38-24)29(36)32-20-5-2-1-3-6-20/h4,7-15,20,28H,1-3,5-6,16-18H2,(H,31,34)(H,32,36)/t28-,41-/m1/s1. The third-order valence-corrected chi connectivity index (χ3v) is 8.03. The fourth-order valence-electron chi connectivity index (χ4n) is 4.95. The van der Waals surface area contributed by atoms with Gasteiger partial charge in [0.1, 0.15) is 23.1 Å². The second-order valence-corrected chi connectivity index (χ2v) is 11.3. The number of ether oxygens (including phenoxy) is 2. The van der Waals surface area contributed by atoms with Crippen molar-refractivity contribution >= 4 is 39.9 Å². The third-order valence-electron chi connectivity index (χ3n) is 6.88. The van der Waals surface area contributed by atoms with Crippen LogP contribution in [0.2, 0.25) is 0 Å². The van der Waals surface area contributed by atoms with Crippen LogP contribution in [0.15, 0.2) is 65.3 Å². The van der Waals surface area contributed by atoms with Crippen LogP contribution in [0.5, 0.6) is 11.5 Å². The number of benzene rings is 2. The summed E-state index contributed by atoms with van der Waals surface area (Å²) >= 11 is 0. The van der Waals surface area contributed by atoms with Crippen LogP contribution in [0.1, 0.15) is 43.9 Å². The molecule has 12 heteroatoms. The molecule has 5 rings (SSSR count). The summed E-state index contributed by atoms with van der Waals surface area (Å²) in [6, 6.07) is 11.9. The van der Waals surface area contributed by atoms with Crippen LogP contribution >= 0.6 is 0 Å². The van der Waals surface area contributed by atoms with Gasteiger partial charge in [-0.15, -0.1) is 0 Å². The lowest BCUT2D eigenvalue weighted by molar-refractivity contribution is -0.127. The highest BCUT2D eigenvalue weighted by Crippen LogP contribution is 2.38. The highest BCUT2D eigenvalue weighted by molar-refractivity contribution is 7.86. The molecule has 3 amide bonds. The van der Waals surface area contributed by atoms with E-state index in [2.05, 4.69) is 10.6 Å². The van der Waals surface area contributed by atoms with E-state index < -0.39 is 51.9 Å². The van der Waals surface area contributed by atoms with Crippen LogP contribution in [0.25, 0.3) is 0 Å². The van der Waals surface area contributed by atoms with Gasteiger partial charge in [-0.1, -0.05) is 19.3 Å². The summed E-state index contributed by atoms with van der Waals surface area (Å²) in [4.78, 5) is 41.3. The quantitative estimate of drug-likeness (QED) is 0.369. The van der Waals surface area contributed by atoms with Gasteiger partial charge in [0.2, 0.25) is 18.6 Å². The molecular weight excluding hydrogens is 553 g/mol. The smallest absolute Gasteiger partial charge is 0.251 e. The lowest BCUT2D eigenvalue weighted by Gasteiger charge is -2.32. The number of hydrogen-bond acceptors (Lipinski definition) is 7. The van der Waals surface area contributed by atoms with Gasteiger partial charge in [-0.2, -0.15) is 0 Å². The number of carbonyl (C=O) groups excluding carboxylic acids is 3. The zero-order valence-corrected chi connectivity index (χ0v) is 23.0. The molecule has 10 nitrogen and oxygen atoms in total. The van der Waals surface area contributed by atoms with Gasteiger partial charge in [0.15, 0.2) is 17.5 Å². The van der Waals surface area contributed by atoms with Crippen molar-refractivity contribution in [1.29, 1.82) is 0 Å². The normalized spacial score (nSPS) is 16.0. The highest BCUT2D eigenvalue weighted by atomic mass is 32.2. The number of nitrogens with one attached hydrogen (secondary N) is 2. The van der Waals surface area contributed by atoms with E-state index in [1.807, 2.05) is 0 Å². The fourth-order valence-corrected chi connectivity index (χ4v) is 5.84. The number of rotatable bonds is 10. The molecule has 0 radical (unpaired) electrons. The molecule has 2 heterocycles. The summed E-state index contributed by atoms with van der Waals surface area (Å²) in [6.45, 7) is 0.0176. The lowest BCUT2D eigenvalue weighted by atomic mass is 9.95. The molecule has 1 aliphatic heterocycles. The molecule has 41 heavy (non-hydrogen) atoms. The number of furan rings is 1. The zero-order valence-electron chi connectivity index (χ0n) is 22.2. The first kappa shape index (κ1) is 28.3. The maximum atomic E-state index is 13.8. The van der Waals surface area contributed by atoms with Gasteiger partial charge in [-0.3, -0.25) is 23.5 Å². The third kappa shape index (κ3) is 7.12. The van der Waals surface area contributed by atoms with Gasteiger partial charge in [0.05, 0.1) is 6.26 Å². The van der Waals surface area contributed by atoms with Crippen LogP contribution in [-0.2, 0) is 25.2 Å². The number of anilines is 2. The SMILES string of the molecule is O=C(C[S@@](=O)CC(=O)N(c1ccc2c(c1)OCO2)[C@@H](C(=O)NC1CCCCC1)c1ccco1)Nc1ccc(F)cc1. The van der Waals surface area contributed by atoms with Crippen LogP contribution < -0.4 is 25.0 Å². The van der Waals surface area contributed by atoms with Gasteiger partial charge in [-0.05, 0) is 61.4 Å². The van der Waals surface area contributed by atoms with E-state index in [0.717, 1.165) is 32.1 Å². The van der Waals surface area contributed by atoms with Gasteiger partial charge in [0, 0.05) is 34.3 Å². The molecule has 2 atom stereocenters. The van der Waals surface area contributed by atoms with E-state index >= 15 is 0 Å². The summed E-state index contributed by atoms with van der Waals surface area (Å²) in [7, 11) is -1.93. The van der Waals surface area contributed by atoms with Gasteiger partial charge in [0.25, 0.3) is 5.91 Å². The molecule has 0 unspecified atom stereocenters. The Hall–Kier alpha value is -4.19. The van der Waals surface area contributed by atoms with E-state index in [1.54, 1.807) is 30.3 Å². The minimum Gasteiger partial charge on any atom is -0.467 e. The van der Waals surface area contributed by atoms with Gasteiger partial charge in [-0.25, -0.2) is 4.39 Å². The van der Waals surface area contributed by atoms with Crippen molar-refractivity contribution in [3.05, 3.63) is 72.4 Å². The predicted molar refractivity (Wildman–Crippen MR) is 149 cm³/mol. The zero-order chi connectivity index (χ0) is 28.8. The van der Waals surface area contributed by atoms with Crippen LogP contribution in [0.4, 0.5) is 15.8 Å². The highest BCUT2D eigenvalue weighted by Gasteiger charge is 2.37. The Balaban J connectivity index is 1.39. The second-order valence-electron chi connectivity index (χ2n) is 9.85. The van der Waals surface area contributed by atoms with Crippen molar-refractivity contribution in [2.45, 2.75) is 44.2 Å². The number of amides is 3. The summed E-state index contributed by atoms with van der Waals surface area (Å²) in [5.74, 6) is -2.06. The minimum absolute atomic E-state index is 0.0176. The summed E-state index contributed by atoms with van der Waals surface area (Å²) in [6.07, 6.45) is 6.19. The largest absolute Gasteiger partial charge is 0.467 e. The lowest BCUT2D eigenvalue weighted by Crippen LogP contribution is -2.48. The minimum atomic E-state index is -1.93. The molecule has 1 aliphatic carbocycles. The van der Waals surface area contributed by atoms with Crippen molar-refractivity contribution < 1.29 is 36.9 Å². The number of halogens is 1. The molecular formula is C29H30FN3O7S. The van der Waals surface area contributed by atoms with Gasteiger partial charge >= 0.3 is 0 Å². The van der Waals surface area contributed by atoms with Gasteiger partial charge < -0.3 is 24.5 Å². The molecule has 1 saturated carbocycles. The Morgan fingerprint density at radius 2 is 1.73 bits per heavy atom. The maximum absolute atomic E-state index is 13.8. The molecule has 0 bridgehead atoms. The molecule has 3 aromatic rings. The Morgan fingerprint density at radius 3 is 2.46 bits per heavy atom. The molecule has 216 valence electrons. The number of carbonyl (C=O) groups is 3. The summed E-state index contributed by atoms with van der Waals surface area (Å²) < 4.78 is 42.7. The number of nitrogens with zero attached hydrogens (tertiary/aromatic N) is 1. The Labute approximate surface area is 238 Å². The van der Waals surface area contributed by atoms with E-state index in [9.17, 15) is 23.0 Å². The Bertz CT molecular complexity index is 1410. The average Bonchev–Trinajstić information content (AvgIpc) is 3.65. The molecule has 2 N–H and O–H groups in total. The van der Waals surface area contributed by atoms with Crippen LogP contribution in [0.3, 0.4) is 0 Å². The van der Waals surface area contributed by atoms with Crippen molar-refractivity contribution in [1.82, 2.24) is 5.32 Å². The number of hydrogen-bond donors (Lipinski definition) is 2. The maximum Gasteiger partial charge on any atom is 0.251 e. The Morgan fingerprint density at radius 1 is 0.976 bits per heavy atom. The van der Waals surface area contributed by atoms with Crippen molar-refractivity contribution in [2.75, 3.05) is 28.5 Å². The molecule has 0 spiro atoms. The van der Waals surface area contributed by atoms with E-state index in [1.165, 1.54) is 35.4 Å². The Kier molecular flexibility index (Phi) is 8.98. The van der Waals surface area contributed by atoms with E-state index in [4.69, 9.17) is 13.9 Å². The first-order valence-corrected chi connectivity index (χ1v) is 14.8. The average molecular weight is 584 g/mol. The van der Waals surface area contributed by atoms with Crippen LogP contribution in [-0.4, -0.2) is 46.3 Å². The summed E-state index contributed by atoms with van der Waals surface area (Å²) in [5.41, 5.74) is 0.645. The van der Waals surface area contributed by atoms with Crippen molar-refractivity contribution in [2.24, 2.45) is 0 Å². The second kappa shape index (κ2) is 13.0. The molecule has 2 aliphatic rings. The first-order chi connectivity index (χ1) is 19.9. The monoisotopic (exact) mass is 583 g/mol.